The summed E-state index contributed by atoms with van der Waals surface area (Å²) in [5, 5.41) is 13.1. The van der Waals surface area contributed by atoms with Crippen LogP contribution in [0.2, 0.25) is 10.0 Å². The normalized spacial score (nSPS) is 11.0. The second-order valence-electron chi connectivity index (χ2n) is 5.73. The molecule has 0 unspecified atom stereocenters. The van der Waals surface area contributed by atoms with E-state index in [1.54, 1.807) is 42.1 Å². The molecule has 3 nitrogen and oxygen atoms in total. The molecule has 0 fully saturated rings. The van der Waals surface area contributed by atoms with Gasteiger partial charge in [-0.15, -0.1) is 0 Å². The molecular weight excluding hydrogens is 411 g/mol. The second-order valence-corrected chi connectivity index (χ2v) is 7.72. The molecule has 6 heteroatoms. The number of nitrogens with one attached hydrogen (secondary N) is 1. The molecule has 0 saturated heterocycles. The van der Waals surface area contributed by atoms with Crippen LogP contribution in [0.1, 0.15) is 5.56 Å². The molecule has 0 saturated carbocycles. The fourth-order valence-electron chi connectivity index (χ4n) is 2.34. The molecule has 138 valence electrons. The number of hydrogen-bond donors (Lipinski definition) is 1. The summed E-state index contributed by atoms with van der Waals surface area (Å²) >= 11 is 13.5. The number of carbonyl (C=O) groups excluding carboxylic acids is 1. The molecule has 0 bridgehead atoms. The minimum Gasteiger partial charge on any atom is -0.320 e. The molecule has 0 heterocycles. The lowest BCUT2D eigenvalue weighted by atomic mass is 10.1. The third-order valence-electron chi connectivity index (χ3n) is 3.73. The van der Waals surface area contributed by atoms with E-state index >= 15 is 0 Å². The zero-order valence-electron chi connectivity index (χ0n) is 14.5. The maximum Gasteiger partial charge on any atom is 0.266 e. The minimum atomic E-state index is -0.504. The highest BCUT2D eigenvalue weighted by atomic mass is 35.5. The van der Waals surface area contributed by atoms with Crippen LogP contribution in [0.5, 0.6) is 0 Å². The van der Waals surface area contributed by atoms with Crippen LogP contribution in [-0.4, -0.2) is 5.91 Å². The molecule has 0 aliphatic heterocycles. The van der Waals surface area contributed by atoms with Gasteiger partial charge in [0.15, 0.2) is 0 Å². The number of hydrogen-bond acceptors (Lipinski definition) is 3. The van der Waals surface area contributed by atoms with Gasteiger partial charge < -0.3 is 5.32 Å². The van der Waals surface area contributed by atoms with E-state index in [1.807, 2.05) is 54.6 Å². The number of carbonyl (C=O) groups is 1. The van der Waals surface area contributed by atoms with E-state index in [2.05, 4.69) is 5.32 Å². The SMILES string of the molecule is N#C/C(=C/c1ccc(Sc2ccc(Cl)cc2)cc1)C(=O)Nc1ccccc1Cl. The van der Waals surface area contributed by atoms with Gasteiger partial charge in [0.25, 0.3) is 5.91 Å². The van der Waals surface area contributed by atoms with E-state index in [-0.39, 0.29) is 5.57 Å². The van der Waals surface area contributed by atoms with Crippen LogP contribution in [0.3, 0.4) is 0 Å². The Labute approximate surface area is 177 Å². The van der Waals surface area contributed by atoms with Crippen molar-refractivity contribution in [2.24, 2.45) is 0 Å². The van der Waals surface area contributed by atoms with Gasteiger partial charge in [-0.2, -0.15) is 5.26 Å². The van der Waals surface area contributed by atoms with Crippen LogP contribution < -0.4 is 5.32 Å². The van der Waals surface area contributed by atoms with E-state index < -0.39 is 5.91 Å². The summed E-state index contributed by atoms with van der Waals surface area (Å²) in [6.45, 7) is 0. The number of halogens is 2. The first-order chi connectivity index (χ1) is 13.5. The molecule has 1 amide bonds. The maximum atomic E-state index is 12.4. The Morgan fingerprint density at radius 2 is 1.54 bits per heavy atom. The van der Waals surface area contributed by atoms with Gasteiger partial charge in [0.2, 0.25) is 0 Å². The summed E-state index contributed by atoms with van der Waals surface area (Å²) in [7, 11) is 0. The van der Waals surface area contributed by atoms with Crippen LogP contribution in [-0.2, 0) is 4.79 Å². The van der Waals surface area contributed by atoms with Crippen molar-refractivity contribution < 1.29 is 4.79 Å². The summed E-state index contributed by atoms with van der Waals surface area (Å²) in [6, 6.07) is 24.0. The van der Waals surface area contributed by atoms with Gasteiger partial charge >= 0.3 is 0 Å². The van der Waals surface area contributed by atoms with Crippen LogP contribution in [0.15, 0.2) is 88.2 Å². The van der Waals surface area contributed by atoms with Gasteiger partial charge in [-0.25, -0.2) is 0 Å². The number of rotatable bonds is 5. The Morgan fingerprint density at radius 3 is 2.14 bits per heavy atom. The first kappa shape index (κ1) is 20.0. The summed E-state index contributed by atoms with van der Waals surface area (Å²) in [4.78, 5) is 14.5. The van der Waals surface area contributed by atoms with Crippen LogP contribution in [0.25, 0.3) is 6.08 Å². The van der Waals surface area contributed by atoms with E-state index in [4.69, 9.17) is 23.2 Å². The predicted molar refractivity (Wildman–Crippen MR) is 116 cm³/mol. The molecule has 28 heavy (non-hydrogen) atoms. The van der Waals surface area contributed by atoms with Crippen molar-refractivity contribution in [1.29, 1.82) is 5.26 Å². The van der Waals surface area contributed by atoms with Gasteiger partial charge in [-0.05, 0) is 60.2 Å². The Bertz CT molecular complexity index is 1060. The van der Waals surface area contributed by atoms with Crippen molar-refractivity contribution in [2.45, 2.75) is 9.79 Å². The van der Waals surface area contributed by atoms with Crippen molar-refractivity contribution >= 4 is 52.6 Å². The van der Waals surface area contributed by atoms with Crippen molar-refractivity contribution in [2.75, 3.05) is 5.32 Å². The Morgan fingerprint density at radius 1 is 0.929 bits per heavy atom. The molecule has 3 aromatic carbocycles. The molecule has 3 aromatic rings. The van der Waals surface area contributed by atoms with E-state index in [1.165, 1.54) is 0 Å². The zero-order valence-corrected chi connectivity index (χ0v) is 16.9. The average Bonchev–Trinajstić information content (AvgIpc) is 2.71. The lowest BCUT2D eigenvalue weighted by Gasteiger charge is -2.06. The van der Waals surface area contributed by atoms with Gasteiger partial charge in [-0.1, -0.05) is 59.2 Å². The standard InChI is InChI=1S/C22H14Cl2N2OS/c23-17-7-11-19(12-8-17)28-18-9-5-15(6-10-18)13-16(14-25)22(27)26-21-4-2-1-3-20(21)24/h1-13H,(H,26,27)/b16-13-. The third kappa shape index (κ3) is 5.40. The van der Waals surface area contributed by atoms with Gasteiger partial charge in [0, 0.05) is 14.8 Å². The molecule has 0 aliphatic rings. The summed E-state index contributed by atoms with van der Waals surface area (Å²) in [5.74, 6) is -0.504. The van der Waals surface area contributed by atoms with E-state index in [9.17, 15) is 10.1 Å². The van der Waals surface area contributed by atoms with Crippen LogP contribution in [0, 0.1) is 11.3 Å². The van der Waals surface area contributed by atoms with Crippen LogP contribution >= 0.6 is 35.0 Å². The number of para-hydroxylation sites is 1. The molecular formula is C22H14Cl2N2OS. The quantitative estimate of drug-likeness (QED) is 0.366. The molecule has 0 atom stereocenters. The van der Waals surface area contributed by atoms with Crippen molar-refractivity contribution in [1.82, 2.24) is 0 Å². The Kier molecular flexibility index (Phi) is 6.78. The first-order valence-electron chi connectivity index (χ1n) is 8.26. The molecule has 0 aliphatic carbocycles. The van der Waals surface area contributed by atoms with Gasteiger partial charge in [0.05, 0.1) is 10.7 Å². The van der Waals surface area contributed by atoms with Crippen molar-refractivity contribution in [3.05, 3.63) is 94.0 Å². The summed E-state index contributed by atoms with van der Waals surface area (Å²) in [6.07, 6.45) is 1.54. The summed E-state index contributed by atoms with van der Waals surface area (Å²) in [5.41, 5.74) is 1.22. The number of nitrogens with zero attached hydrogens (tertiary/aromatic N) is 1. The molecule has 3 rings (SSSR count). The van der Waals surface area contributed by atoms with E-state index in [0.717, 1.165) is 15.4 Å². The minimum absolute atomic E-state index is 0.00183. The number of nitriles is 1. The van der Waals surface area contributed by atoms with Gasteiger partial charge in [-0.3, -0.25) is 4.79 Å². The molecule has 0 spiro atoms. The smallest absolute Gasteiger partial charge is 0.266 e. The lowest BCUT2D eigenvalue weighted by molar-refractivity contribution is -0.112. The number of benzene rings is 3. The lowest BCUT2D eigenvalue weighted by Crippen LogP contribution is -2.13. The fraction of sp³-hybridized carbons (Fsp3) is 0. The summed E-state index contributed by atoms with van der Waals surface area (Å²) < 4.78 is 0. The van der Waals surface area contributed by atoms with Crippen molar-refractivity contribution in [3.8, 4) is 6.07 Å². The maximum absolute atomic E-state index is 12.4. The zero-order chi connectivity index (χ0) is 19.9. The van der Waals surface area contributed by atoms with E-state index in [0.29, 0.717) is 15.7 Å². The largest absolute Gasteiger partial charge is 0.320 e. The second kappa shape index (κ2) is 9.48. The predicted octanol–water partition coefficient (Wildman–Crippen LogP) is 6.69. The highest BCUT2D eigenvalue weighted by Gasteiger charge is 2.11. The molecule has 0 radical (unpaired) electrons. The van der Waals surface area contributed by atoms with Crippen molar-refractivity contribution in [3.63, 3.8) is 0 Å². The monoisotopic (exact) mass is 424 g/mol. The number of amides is 1. The number of anilines is 1. The third-order valence-corrected chi connectivity index (χ3v) is 5.32. The molecule has 0 aromatic heterocycles. The topological polar surface area (TPSA) is 52.9 Å². The molecule has 1 N–H and O–H groups in total. The highest BCUT2D eigenvalue weighted by molar-refractivity contribution is 7.99. The van der Waals surface area contributed by atoms with Gasteiger partial charge in [0.1, 0.15) is 11.6 Å². The Hall–Kier alpha value is -2.71. The Balaban J connectivity index is 1.72. The van der Waals surface area contributed by atoms with Crippen LogP contribution in [0.4, 0.5) is 5.69 Å². The average molecular weight is 425 g/mol. The first-order valence-corrected chi connectivity index (χ1v) is 9.83. The highest BCUT2D eigenvalue weighted by Crippen LogP contribution is 2.29. The fourth-order valence-corrected chi connectivity index (χ4v) is 3.46.